The number of hydrogen-bond donors (Lipinski definition) is 0. The van der Waals surface area contributed by atoms with Crippen molar-refractivity contribution in [1.29, 1.82) is 0 Å². The van der Waals surface area contributed by atoms with Crippen molar-refractivity contribution in [1.82, 2.24) is 0 Å². The molecule has 0 heterocycles. The van der Waals surface area contributed by atoms with E-state index in [2.05, 4.69) is 6.92 Å². The Bertz CT molecular complexity index is 1140. The number of rotatable bonds is 7. The molecule has 0 saturated carbocycles. The molecule has 0 unspecified atom stereocenters. The van der Waals surface area contributed by atoms with Gasteiger partial charge in [0.15, 0.2) is 0 Å². The zero-order valence-electron chi connectivity index (χ0n) is 19.1. The number of halogens is 6. The topological polar surface area (TPSA) is 0 Å². The van der Waals surface area contributed by atoms with Crippen LogP contribution in [0.25, 0.3) is 10.8 Å². The first-order chi connectivity index (χ1) is 16.2. The Morgan fingerprint density at radius 1 is 0.853 bits per heavy atom. The Labute approximate surface area is 196 Å². The van der Waals surface area contributed by atoms with Crippen LogP contribution in [0, 0.1) is 23.4 Å². The number of benzene rings is 3. The largest absolute Gasteiger partial charge is 0.422 e. The van der Waals surface area contributed by atoms with E-state index in [0.717, 1.165) is 79.0 Å². The van der Waals surface area contributed by atoms with Gasteiger partial charge < -0.3 is 0 Å². The van der Waals surface area contributed by atoms with Gasteiger partial charge >= 0.3 is 6.18 Å². The predicted molar refractivity (Wildman–Crippen MR) is 122 cm³/mol. The maximum atomic E-state index is 14.6. The summed E-state index contributed by atoms with van der Waals surface area (Å²) >= 11 is 0. The Balaban J connectivity index is 1.78. The van der Waals surface area contributed by atoms with E-state index in [1.54, 1.807) is 6.07 Å². The average molecular weight is 479 g/mol. The number of hydrogen-bond acceptors (Lipinski definition) is 0. The fraction of sp³-hybridized carbons (Fsp3) is 0.429. The van der Waals surface area contributed by atoms with Gasteiger partial charge in [0.05, 0.1) is 0 Å². The molecule has 1 aliphatic carbocycles. The maximum Gasteiger partial charge on any atom is 0.422 e. The number of fused-ring (bicyclic) bond motifs is 3. The van der Waals surface area contributed by atoms with Crippen molar-refractivity contribution in [3.8, 4) is 0 Å². The molecule has 3 aromatic carbocycles. The van der Waals surface area contributed by atoms with Gasteiger partial charge in [0.25, 0.3) is 0 Å². The van der Waals surface area contributed by atoms with E-state index in [0.29, 0.717) is 6.42 Å². The highest BCUT2D eigenvalue weighted by Crippen LogP contribution is 2.46. The highest BCUT2D eigenvalue weighted by Gasteiger charge is 2.39. The number of alkyl halides is 3. The maximum absolute atomic E-state index is 14.6. The Morgan fingerprint density at radius 3 is 2.21 bits per heavy atom. The minimum absolute atomic E-state index is 0.0377. The van der Waals surface area contributed by atoms with Gasteiger partial charge in [-0.15, -0.1) is 0 Å². The molecule has 4 rings (SSSR count). The summed E-state index contributed by atoms with van der Waals surface area (Å²) < 4.78 is 82.6. The van der Waals surface area contributed by atoms with Crippen molar-refractivity contribution in [2.75, 3.05) is 0 Å². The molecule has 6 heteroatoms. The minimum Gasteiger partial charge on any atom is -0.207 e. The molecule has 2 atom stereocenters. The lowest BCUT2D eigenvalue weighted by atomic mass is 9.69. The van der Waals surface area contributed by atoms with Crippen molar-refractivity contribution in [3.05, 3.63) is 82.2 Å². The second-order valence-corrected chi connectivity index (χ2v) is 9.34. The highest BCUT2D eigenvalue weighted by atomic mass is 19.4. The third-order valence-electron chi connectivity index (χ3n) is 7.09. The highest BCUT2D eigenvalue weighted by molar-refractivity contribution is 5.87. The summed E-state index contributed by atoms with van der Waals surface area (Å²) in [4.78, 5) is 0. The molecule has 182 valence electrons. The standard InChI is InChI=1S/C28H28F6/c1-2-3-4-5-6-7-18-10-12-21-22(13-9-17-8-11-20(29)16-23(17)21)26(18)19-14-24(30)27(25(31)15-19)28(32,33)34/h8-9,11,13-16,18,26H,2-7,10,12H2,1H3/t18-,26-/m1/s1. The van der Waals surface area contributed by atoms with Gasteiger partial charge in [-0.2, -0.15) is 13.2 Å². The second-order valence-electron chi connectivity index (χ2n) is 9.34. The molecule has 34 heavy (non-hydrogen) atoms. The molecule has 3 aromatic rings. The number of unbranched alkanes of at least 4 members (excludes halogenated alkanes) is 4. The lowest BCUT2D eigenvalue weighted by molar-refractivity contribution is -0.142. The van der Waals surface area contributed by atoms with Gasteiger partial charge in [-0.25, -0.2) is 13.2 Å². The molecule has 0 aliphatic heterocycles. The first-order valence-corrected chi connectivity index (χ1v) is 12.0. The SMILES string of the molecule is CCCCCCC[C@@H]1CCc2c(ccc3ccc(F)cc23)[C@H]1c1cc(F)c(C(F)(F)F)c(F)c1. The quantitative estimate of drug-likeness (QED) is 0.234. The molecule has 0 aromatic heterocycles. The van der Waals surface area contributed by atoms with Crippen LogP contribution in [0.4, 0.5) is 26.3 Å². The van der Waals surface area contributed by atoms with E-state index in [-0.39, 0.29) is 17.3 Å². The van der Waals surface area contributed by atoms with Gasteiger partial charge in [-0.3, -0.25) is 0 Å². The van der Waals surface area contributed by atoms with Gasteiger partial charge in [0.1, 0.15) is 23.0 Å². The summed E-state index contributed by atoms with van der Waals surface area (Å²) in [6.45, 7) is 2.13. The van der Waals surface area contributed by atoms with Gasteiger partial charge in [0, 0.05) is 5.92 Å². The molecule has 0 N–H and O–H groups in total. The summed E-state index contributed by atoms with van der Waals surface area (Å²) in [7, 11) is 0. The second kappa shape index (κ2) is 10.0. The molecular weight excluding hydrogens is 450 g/mol. The third kappa shape index (κ3) is 4.96. The lowest BCUT2D eigenvalue weighted by Gasteiger charge is -2.35. The summed E-state index contributed by atoms with van der Waals surface area (Å²) in [6, 6.07) is 9.95. The van der Waals surface area contributed by atoms with E-state index in [1.165, 1.54) is 12.1 Å². The zero-order valence-corrected chi connectivity index (χ0v) is 19.1. The first-order valence-electron chi connectivity index (χ1n) is 12.0. The monoisotopic (exact) mass is 478 g/mol. The van der Waals surface area contributed by atoms with E-state index < -0.39 is 29.3 Å². The van der Waals surface area contributed by atoms with Crippen LogP contribution in [-0.4, -0.2) is 0 Å². The van der Waals surface area contributed by atoms with E-state index in [9.17, 15) is 26.3 Å². The van der Waals surface area contributed by atoms with Crippen LogP contribution in [0.2, 0.25) is 0 Å². The number of aryl methyl sites for hydroxylation is 1. The average Bonchev–Trinajstić information content (AvgIpc) is 2.76. The minimum atomic E-state index is -5.11. The summed E-state index contributed by atoms with van der Waals surface area (Å²) in [5.41, 5.74) is 0.0775. The lowest BCUT2D eigenvalue weighted by Crippen LogP contribution is -2.23. The summed E-state index contributed by atoms with van der Waals surface area (Å²) in [5, 5.41) is 1.61. The van der Waals surface area contributed by atoms with E-state index in [4.69, 9.17) is 0 Å². The Hall–Kier alpha value is -2.50. The normalized spacial score (nSPS) is 18.3. The van der Waals surface area contributed by atoms with Crippen molar-refractivity contribution >= 4 is 10.8 Å². The van der Waals surface area contributed by atoms with Crippen molar-refractivity contribution < 1.29 is 26.3 Å². The first kappa shape index (κ1) is 24.6. The van der Waals surface area contributed by atoms with Gasteiger partial charge in [-0.05, 0) is 76.9 Å². The zero-order chi connectivity index (χ0) is 24.5. The Morgan fingerprint density at radius 2 is 1.53 bits per heavy atom. The van der Waals surface area contributed by atoms with Crippen LogP contribution in [0.5, 0.6) is 0 Å². The smallest absolute Gasteiger partial charge is 0.207 e. The third-order valence-corrected chi connectivity index (χ3v) is 7.09. The van der Waals surface area contributed by atoms with Crippen LogP contribution >= 0.6 is 0 Å². The molecule has 0 spiro atoms. The fourth-order valence-corrected chi connectivity index (χ4v) is 5.51. The molecular formula is C28H28F6. The van der Waals surface area contributed by atoms with E-state index >= 15 is 0 Å². The molecule has 0 fully saturated rings. The molecule has 0 saturated heterocycles. The van der Waals surface area contributed by atoms with Crippen molar-refractivity contribution in [2.45, 2.75) is 70.4 Å². The van der Waals surface area contributed by atoms with Gasteiger partial charge in [0.2, 0.25) is 0 Å². The van der Waals surface area contributed by atoms with Crippen LogP contribution in [0.3, 0.4) is 0 Å². The van der Waals surface area contributed by atoms with Crippen LogP contribution in [0.15, 0.2) is 42.5 Å². The fourth-order valence-electron chi connectivity index (χ4n) is 5.51. The van der Waals surface area contributed by atoms with Crippen LogP contribution < -0.4 is 0 Å². The van der Waals surface area contributed by atoms with Crippen LogP contribution in [0.1, 0.15) is 80.0 Å². The summed E-state index contributed by atoms with van der Waals surface area (Å²) in [5.74, 6) is -3.97. The van der Waals surface area contributed by atoms with Crippen molar-refractivity contribution in [3.63, 3.8) is 0 Å². The van der Waals surface area contributed by atoms with Gasteiger partial charge in [-0.1, -0.05) is 57.2 Å². The molecule has 0 amide bonds. The Kier molecular flexibility index (Phi) is 7.25. The molecule has 0 bridgehead atoms. The predicted octanol–water partition coefficient (Wildman–Crippen LogP) is 9.33. The molecule has 1 aliphatic rings. The van der Waals surface area contributed by atoms with E-state index in [1.807, 2.05) is 12.1 Å². The summed E-state index contributed by atoms with van der Waals surface area (Å²) in [6.07, 6.45) is 2.49. The van der Waals surface area contributed by atoms with Crippen LogP contribution in [-0.2, 0) is 12.6 Å². The molecule has 0 nitrogen and oxygen atoms in total. The molecule has 0 radical (unpaired) electrons. The van der Waals surface area contributed by atoms with Crippen molar-refractivity contribution in [2.24, 2.45) is 5.92 Å².